The first-order valence-electron chi connectivity index (χ1n) is 9.02. The normalized spacial score (nSPS) is 17.8. The molecule has 0 bridgehead atoms. The summed E-state index contributed by atoms with van der Waals surface area (Å²) < 4.78 is 27.0. The summed E-state index contributed by atoms with van der Waals surface area (Å²) in [7, 11) is -1.91. The fraction of sp³-hybridized carbons (Fsp3) is 0.556. The Morgan fingerprint density at radius 1 is 1.08 bits per heavy atom. The third-order valence-electron chi connectivity index (χ3n) is 5.09. The van der Waals surface area contributed by atoms with Gasteiger partial charge < -0.3 is 10.2 Å². The Morgan fingerprint density at radius 3 is 2.50 bits per heavy atom. The van der Waals surface area contributed by atoms with Crippen LogP contribution in [0.1, 0.15) is 36.8 Å². The fourth-order valence-corrected chi connectivity index (χ4v) is 5.06. The number of fused-ring (bicyclic) bond motifs is 1. The largest absolute Gasteiger partial charge is 0.359 e. The molecule has 3 rings (SSSR count). The van der Waals surface area contributed by atoms with Gasteiger partial charge in [0.05, 0.1) is 4.90 Å². The summed E-state index contributed by atoms with van der Waals surface area (Å²) in [6.07, 6.45) is 2.84. The Kier molecular flexibility index (Phi) is 5.62. The summed E-state index contributed by atoms with van der Waals surface area (Å²) >= 11 is 0. The molecule has 26 heavy (non-hydrogen) atoms. The molecule has 0 aliphatic carbocycles. The molecule has 1 N–H and O–H groups in total. The van der Waals surface area contributed by atoms with Gasteiger partial charge >= 0.3 is 0 Å². The van der Waals surface area contributed by atoms with E-state index in [1.54, 1.807) is 24.1 Å². The molecule has 0 atom stereocenters. The number of carbonyl (C=O) groups is 2. The Hall–Kier alpha value is -1.93. The van der Waals surface area contributed by atoms with E-state index in [4.69, 9.17) is 0 Å². The van der Waals surface area contributed by atoms with Gasteiger partial charge in [-0.2, -0.15) is 4.31 Å². The summed E-state index contributed by atoms with van der Waals surface area (Å²) in [5.41, 5.74) is 1.96. The lowest BCUT2D eigenvalue weighted by Gasteiger charge is -2.29. The van der Waals surface area contributed by atoms with E-state index < -0.39 is 10.0 Å². The van der Waals surface area contributed by atoms with Gasteiger partial charge in [0.1, 0.15) is 0 Å². The van der Waals surface area contributed by atoms with Gasteiger partial charge in [-0.15, -0.1) is 0 Å². The van der Waals surface area contributed by atoms with Gasteiger partial charge in [0, 0.05) is 46.1 Å². The summed E-state index contributed by atoms with van der Waals surface area (Å²) in [5.74, 6) is -0.234. The molecule has 0 saturated carbocycles. The molecule has 0 radical (unpaired) electrons. The molecule has 1 aromatic rings. The van der Waals surface area contributed by atoms with Crippen LogP contribution in [0.15, 0.2) is 23.1 Å². The molecule has 1 fully saturated rings. The minimum atomic E-state index is -3.46. The second-order valence-electron chi connectivity index (χ2n) is 6.78. The number of sulfonamides is 1. The zero-order valence-corrected chi connectivity index (χ0v) is 15.8. The van der Waals surface area contributed by atoms with Gasteiger partial charge in [0.2, 0.25) is 21.8 Å². The minimum absolute atomic E-state index is 0.0768. The van der Waals surface area contributed by atoms with Crippen molar-refractivity contribution in [2.45, 2.75) is 43.5 Å². The monoisotopic (exact) mass is 379 g/mol. The number of hydrogen-bond donors (Lipinski definition) is 1. The van der Waals surface area contributed by atoms with Gasteiger partial charge in [0.25, 0.3) is 0 Å². The lowest BCUT2D eigenvalue weighted by Crippen LogP contribution is -2.36. The smallest absolute Gasteiger partial charge is 0.243 e. The maximum Gasteiger partial charge on any atom is 0.243 e. The van der Waals surface area contributed by atoms with E-state index >= 15 is 0 Å². The van der Waals surface area contributed by atoms with Crippen LogP contribution in [-0.4, -0.2) is 56.1 Å². The molecule has 8 heteroatoms. The van der Waals surface area contributed by atoms with E-state index in [0.717, 1.165) is 24.0 Å². The van der Waals surface area contributed by atoms with Crippen LogP contribution in [0, 0.1) is 0 Å². The third kappa shape index (κ3) is 3.91. The van der Waals surface area contributed by atoms with Gasteiger partial charge in [-0.3, -0.25) is 9.59 Å². The molecule has 1 saturated heterocycles. The maximum atomic E-state index is 12.7. The number of nitrogens with zero attached hydrogens (tertiary/aromatic N) is 2. The Morgan fingerprint density at radius 2 is 1.81 bits per heavy atom. The topological polar surface area (TPSA) is 86.8 Å². The quantitative estimate of drug-likeness (QED) is 0.823. The van der Waals surface area contributed by atoms with Crippen molar-refractivity contribution in [2.75, 3.05) is 26.7 Å². The van der Waals surface area contributed by atoms with Crippen molar-refractivity contribution in [2.24, 2.45) is 0 Å². The molecule has 2 aliphatic heterocycles. The molecule has 142 valence electrons. The summed E-state index contributed by atoms with van der Waals surface area (Å²) in [6, 6.07) is 5.25. The molecule has 2 heterocycles. The van der Waals surface area contributed by atoms with Gasteiger partial charge in [-0.1, -0.05) is 6.07 Å². The lowest BCUT2D eigenvalue weighted by atomic mass is 9.99. The molecular weight excluding hydrogens is 354 g/mol. The summed E-state index contributed by atoms with van der Waals surface area (Å²) in [4.78, 5) is 25.7. The van der Waals surface area contributed by atoms with Crippen molar-refractivity contribution < 1.29 is 18.0 Å². The SMILES string of the molecule is CNC(=O)CCC(=O)N1CCc2ccc(S(=O)(=O)N3CCCC3)cc2C1. The van der Waals surface area contributed by atoms with Crippen LogP contribution >= 0.6 is 0 Å². The fourth-order valence-electron chi connectivity index (χ4n) is 3.49. The predicted octanol–water partition coefficient (Wildman–Crippen LogP) is 0.882. The Bertz CT molecular complexity index is 801. The van der Waals surface area contributed by atoms with Crippen molar-refractivity contribution in [1.82, 2.24) is 14.5 Å². The minimum Gasteiger partial charge on any atom is -0.359 e. The second kappa shape index (κ2) is 7.75. The molecule has 2 aliphatic rings. The highest BCUT2D eigenvalue weighted by Gasteiger charge is 2.29. The number of rotatable bonds is 5. The van der Waals surface area contributed by atoms with Crippen molar-refractivity contribution in [3.05, 3.63) is 29.3 Å². The predicted molar refractivity (Wildman–Crippen MR) is 96.9 cm³/mol. The average molecular weight is 379 g/mol. The lowest BCUT2D eigenvalue weighted by molar-refractivity contribution is -0.134. The van der Waals surface area contributed by atoms with Crippen LogP contribution in [0.3, 0.4) is 0 Å². The van der Waals surface area contributed by atoms with Crippen molar-refractivity contribution in [1.29, 1.82) is 0 Å². The van der Waals surface area contributed by atoms with Crippen LogP contribution in [0.2, 0.25) is 0 Å². The maximum absolute atomic E-state index is 12.7. The summed E-state index contributed by atoms with van der Waals surface area (Å²) in [6.45, 7) is 2.14. The van der Waals surface area contributed by atoms with E-state index in [9.17, 15) is 18.0 Å². The first kappa shape index (κ1) is 18.8. The van der Waals surface area contributed by atoms with Crippen LogP contribution < -0.4 is 5.32 Å². The van der Waals surface area contributed by atoms with Crippen molar-refractivity contribution in [3.8, 4) is 0 Å². The second-order valence-corrected chi connectivity index (χ2v) is 8.72. The van der Waals surface area contributed by atoms with Crippen molar-refractivity contribution in [3.63, 3.8) is 0 Å². The molecule has 0 unspecified atom stereocenters. The van der Waals surface area contributed by atoms with E-state index in [-0.39, 0.29) is 24.7 Å². The number of hydrogen-bond acceptors (Lipinski definition) is 4. The molecule has 2 amide bonds. The van der Waals surface area contributed by atoms with Crippen LogP contribution in [0.25, 0.3) is 0 Å². The third-order valence-corrected chi connectivity index (χ3v) is 6.98. The standard InChI is InChI=1S/C18H25N3O4S/c1-19-17(22)6-7-18(23)20-11-8-14-4-5-16(12-15(14)13-20)26(24,25)21-9-2-3-10-21/h4-5,12H,2-3,6-11,13H2,1H3,(H,19,22). The highest BCUT2D eigenvalue weighted by molar-refractivity contribution is 7.89. The van der Waals surface area contributed by atoms with Crippen LogP contribution in [-0.2, 0) is 32.6 Å². The Labute approximate surface area is 154 Å². The Balaban J connectivity index is 1.73. The zero-order valence-electron chi connectivity index (χ0n) is 15.0. The molecule has 0 aromatic heterocycles. The van der Waals surface area contributed by atoms with E-state index in [1.165, 1.54) is 4.31 Å². The molecule has 1 aromatic carbocycles. The first-order chi connectivity index (χ1) is 12.4. The van der Waals surface area contributed by atoms with Crippen molar-refractivity contribution >= 4 is 21.8 Å². The highest BCUT2D eigenvalue weighted by atomic mass is 32.2. The van der Waals surface area contributed by atoms with E-state index in [1.807, 2.05) is 6.07 Å². The number of carbonyl (C=O) groups excluding carboxylic acids is 2. The van der Waals surface area contributed by atoms with Gasteiger partial charge in [-0.05, 0) is 42.5 Å². The number of amides is 2. The zero-order chi connectivity index (χ0) is 18.7. The van der Waals surface area contributed by atoms with Crippen LogP contribution in [0.5, 0.6) is 0 Å². The summed E-state index contributed by atoms with van der Waals surface area (Å²) in [5, 5.41) is 2.51. The molecule has 0 spiro atoms. The van der Waals surface area contributed by atoms with Gasteiger partial charge in [0.15, 0.2) is 0 Å². The molecule has 7 nitrogen and oxygen atoms in total. The van der Waals surface area contributed by atoms with E-state index in [0.29, 0.717) is 37.5 Å². The number of benzene rings is 1. The van der Waals surface area contributed by atoms with E-state index in [2.05, 4.69) is 5.32 Å². The molecular formula is C18H25N3O4S. The highest BCUT2D eigenvalue weighted by Crippen LogP contribution is 2.26. The number of nitrogens with one attached hydrogen (secondary N) is 1. The van der Waals surface area contributed by atoms with Crippen LogP contribution in [0.4, 0.5) is 0 Å². The first-order valence-corrected chi connectivity index (χ1v) is 10.5. The van der Waals surface area contributed by atoms with Gasteiger partial charge in [-0.25, -0.2) is 8.42 Å². The average Bonchev–Trinajstić information content (AvgIpc) is 3.20.